The minimum Gasteiger partial charge on any atom is -0.370 e. The molecule has 3 rings (SSSR count). The van der Waals surface area contributed by atoms with Gasteiger partial charge in [-0.1, -0.05) is 11.6 Å². The topological polar surface area (TPSA) is 71.1 Å². The molecule has 2 N–H and O–H groups in total. The zero-order chi connectivity index (χ0) is 17.7. The summed E-state index contributed by atoms with van der Waals surface area (Å²) in [6.45, 7) is 2.73. The van der Waals surface area contributed by atoms with E-state index in [1.807, 2.05) is 6.92 Å². The van der Waals surface area contributed by atoms with Crippen LogP contribution in [0.1, 0.15) is 37.0 Å². The fourth-order valence-corrected chi connectivity index (χ4v) is 5.13. The molecule has 0 bridgehead atoms. The molecule has 5 nitrogen and oxygen atoms in total. The number of hydrogen-bond donors (Lipinski definition) is 2. The number of aromatic nitrogens is 1. The monoisotopic (exact) mass is 377 g/mol. The van der Waals surface area contributed by atoms with E-state index in [0.717, 1.165) is 23.7 Å². The molecule has 134 valence electrons. The van der Waals surface area contributed by atoms with Crippen LogP contribution in [0.5, 0.6) is 0 Å². The minimum atomic E-state index is -3.54. The van der Waals surface area contributed by atoms with Gasteiger partial charge in [0, 0.05) is 11.4 Å². The van der Waals surface area contributed by atoms with Crippen LogP contribution in [0.3, 0.4) is 0 Å². The standard InChI is InChI=1S/C18H23N3O2S2/c1-14-7-10-18(24-14)25(22,23)21-16-8-9-17(20-13-16)19-12-11-15-5-3-2-4-6-15/h5,7-10,13,21H,2-4,6,11-12H2,1H3,(H,19,20). The molecular weight excluding hydrogens is 354 g/mol. The molecule has 2 aromatic rings. The molecular formula is C18H23N3O2S2. The molecule has 2 heterocycles. The number of anilines is 2. The first-order valence-electron chi connectivity index (χ1n) is 8.50. The van der Waals surface area contributed by atoms with Crippen molar-refractivity contribution in [1.29, 1.82) is 0 Å². The lowest BCUT2D eigenvalue weighted by atomic mass is 9.97. The van der Waals surface area contributed by atoms with E-state index in [-0.39, 0.29) is 0 Å². The smallest absolute Gasteiger partial charge is 0.271 e. The summed E-state index contributed by atoms with van der Waals surface area (Å²) in [5.74, 6) is 0.756. The van der Waals surface area contributed by atoms with Crippen LogP contribution in [-0.4, -0.2) is 19.9 Å². The van der Waals surface area contributed by atoms with Gasteiger partial charge in [0.25, 0.3) is 10.0 Å². The highest BCUT2D eigenvalue weighted by atomic mass is 32.2. The van der Waals surface area contributed by atoms with Crippen LogP contribution in [0.25, 0.3) is 0 Å². The summed E-state index contributed by atoms with van der Waals surface area (Å²) in [7, 11) is -3.54. The van der Waals surface area contributed by atoms with Crippen molar-refractivity contribution < 1.29 is 8.42 Å². The van der Waals surface area contributed by atoms with Crippen LogP contribution in [0.4, 0.5) is 11.5 Å². The van der Waals surface area contributed by atoms with E-state index in [1.54, 1.807) is 30.5 Å². The first kappa shape index (κ1) is 17.9. The van der Waals surface area contributed by atoms with E-state index in [9.17, 15) is 8.42 Å². The average Bonchev–Trinajstić information content (AvgIpc) is 3.05. The molecule has 1 aliphatic carbocycles. The minimum absolute atomic E-state index is 0.313. The Morgan fingerprint density at radius 3 is 2.72 bits per heavy atom. The largest absolute Gasteiger partial charge is 0.370 e. The number of thiophene rings is 1. The number of hydrogen-bond acceptors (Lipinski definition) is 5. The Hall–Kier alpha value is -1.86. The molecule has 0 amide bonds. The second-order valence-corrected chi connectivity index (χ2v) is 9.38. The molecule has 7 heteroatoms. The second kappa shape index (κ2) is 8.01. The zero-order valence-electron chi connectivity index (χ0n) is 14.3. The average molecular weight is 378 g/mol. The zero-order valence-corrected chi connectivity index (χ0v) is 15.9. The maximum absolute atomic E-state index is 12.3. The normalized spacial score (nSPS) is 14.8. The molecule has 0 saturated carbocycles. The van der Waals surface area contributed by atoms with Gasteiger partial charge in [-0.3, -0.25) is 4.72 Å². The van der Waals surface area contributed by atoms with E-state index in [1.165, 1.54) is 42.6 Å². The lowest BCUT2D eigenvalue weighted by Crippen LogP contribution is -2.12. The highest BCUT2D eigenvalue weighted by Crippen LogP contribution is 2.24. The molecule has 0 saturated heterocycles. The summed E-state index contributed by atoms with van der Waals surface area (Å²) in [4.78, 5) is 5.25. The predicted octanol–water partition coefficient (Wildman–Crippen LogP) is 4.55. The van der Waals surface area contributed by atoms with E-state index in [2.05, 4.69) is 21.1 Å². The van der Waals surface area contributed by atoms with Crippen molar-refractivity contribution in [1.82, 2.24) is 4.98 Å². The van der Waals surface area contributed by atoms with Crippen molar-refractivity contribution in [3.05, 3.63) is 47.0 Å². The number of sulfonamides is 1. The molecule has 1 aliphatic rings. The summed E-state index contributed by atoms with van der Waals surface area (Å²) >= 11 is 1.25. The maximum atomic E-state index is 12.3. The van der Waals surface area contributed by atoms with Gasteiger partial charge in [-0.25, -0.2) is 13.4 Å². The van der Waals surface area contributed by atoms with E-state index >= 15 is 0 Å². The first-order valence-corrected chi connectivity index (χ1v) is 10.8. The molecule has 0 unspecified atom stereocenters. The van der Waals surface area contributed by atoms with Crippen LogP contribution in [0, 0.1) is 6.92 Å². The third-order valence-electron chi connectivity index (χ3n) is 4.13. The van der Waals surface area contributed by atoms with Gasteiger partial charge in [0.1, 0.15) is 10.0 Å². The molecule has 0 fully saturated rings. The molecule has 0 aliphatic heterocycles. The Kier molecular flexibility index (Phi) is 5.75. The number of aryl methyl sites for hydroxylation is 1. The second-order valence-electron chi connectivity index (χ2n) is 6.19. The Bertz CT molecular complexity index is 839. The van der Waals surface area contributed by atoms with Gasteiger partial charge in [0.2, 0.25) is 0 Å². The molecule has 0 radical (unpaired) electrons. The summed E-state index contributed by atoms with van der Waals surface area (Å²) in [5.41, 5.74) is 1.99. The summed E-state index contributed by atoms with van der Waals surface area (Å²) < 4.78 is 27.5. The molecule has 25 heavy (non-hydrogen) atoms. The summed E-state index contributed by atoms with van der Waals surface area (Å²) in [6, 6.07) is 6.94. The van der Waals surface area contributed by atoms with Crippen LogP contribution < -0.4 is 10.0 Å². The van der Waals surface area contributed by atoms with Crippen molar-refractivity contribution in [2.45, 2.75) is 43.2 Å². The lowest BCUT2D eigenvalue weighted by Gasteiger charge is -2.13. The first-order chi connectivity index (χ1) is 12.0. The maximum Gasteiger partial charge on any atom is 0.271 e. The van der Waals surface area contributed by atoms with Crippen LogP contribution in [0.2, 0.25) is 0 Å². The lowest BCUT2D eigenvalue weighted by molar-refractivity contribution is 0.603. The molecule has 0 atom stereocenters. The SMILES string of the molecule is Cc1ccc(S(=O)(=O)Nc2ccc(NCCC3=CCCCC3)nc2)s1. The number of nitrogens with one attached hydrogen (secondary N) is 2. The third-order valence-corrected chi connectivity index (χ3v) is 7.01. The van der Waals surface area contributed by atoms with E-state index < -0.39 is 10.0 Å². The summed E-state index contributed by atoms with van der Waals surface area (Å²) in [6.07, 6.45) is 9.94. The third kappa shape index (κ3) is 5.06. The van der Waals surface area contributed by atoms with Gasteiger partial charge in [-0.05, 0) is 63.3 Å². The van der Waals surface area contributed by atoms with E-state index in [0.29, 0.717) is 9.90 Å². The van der Waals surface area contributed by atoms with Gasteiger partial charge in [0.05, 0.1) is 11.9 Å². The van der Waals surface area contributed by atoms with Gasteiger partial charge in [-0.15, -0.1) is 11.3 Å². The highest BCUT2D eigenvalue weighted by molar-refractivity contribution is 7.94. The number of rotatable bonds is 7. The van der Waals surface area contributed by atoms with Crippen molar-refractivity contribution >= 4 is 32.9 Å². The van der Waals surface area contributed by atoms with E-state index in [4.69, 9.17) is 0 Å². The van der Waals surface area contributed by atoms with Crippen LogP contribution in [-0.2, 0) is 10.0 Å². The summed E-state index contributed by atoms with van der Waals surface area (Å²) in [5, 5.41) is 3.29. The quantitative estimate of drug-likeness (QED) is 0.694. The number of nitrogens with zero attached hydrogens (tertiary/aromatic N) is 1. The van der Waals surface area contributed by atoms with Gasteiger partial charge >= 0.3 is 0 Å². The number of allylic oxidation sites excluding steroid dienone is 1. The van der Waals surface area contributed by atoms with Gasteiger partial charge in [-0.2, -0.15) is 0 Å². The fourth-order valence-electron chi connectivity index (χ4n) is 2.80. The van der Waals surface area contributed by atoms with Crippen LogP contribution in [0.15, 0.2) is 46.3 Å². The molecule has 0 spiro atoms. The van der Waals surface area contributed by atoms with Gasteiger partial charge in [0.15, 0.2) is 0 Å². The van der Waals surface area contributed by atoms with Crippen molar-refractivity contribution in [3.63, 3.8) is 0 Å². The van der Waals surface area contributed by atoms with Crippen molar-refractivity contribution in [2.75, 3.05) is 16.6 Å². The highest BCUT2D eigenvalue weighted by Gasteiger charge is 2.16. The molecule has 2 aromatic heterocycles. The predicted molar refractivity (Wildman–Crippen MR) is 104 cm³/mol. The Morgan fingerprint density at radius 1 is 1.20 bits per heavy atom. The van der Waals surface area contributed by atoms with Crippen molar-refractivity contribution in [2.24, 2.45) is 0 Å². The molecule has 0 aromatic carbocycles. The number of pyridine rings is 1. The Morgan fingerprint density at radius 2 is 2.08 bits per heavy atom. The van der Waals surface area contributed by atoms with Crippen LogP contribution >= 0.6 is 11.3 Å². The van der Waals surface area contributed by atoms with Gasteiger partial charge < -0.3 is 5.32 Å². The Labute approximate surface area is 153 Å². The van der Waals surface area contributed by atoms with Crippen molar-refractivity contribution in [3.8, 4) is 0 Å². The fraction of sp³-hybridized carbons (Fsp3) is 0.389. The Balaban J connectivity index is 1.54.